The average Bonchev–Trinajstić information content (AvgIpc) is 2.68. The van der Waals surface area contributed by atoms with Crippen LogP contribution in [0.5, 0.6) is 0 Å². The van der Waals surface area contributed by atoms with E-state index in [1.165, 1.54) is 5.56 Å². The predicted molar refractivity (Wildman–Crippen MR) is 96.1 cm³/mol. The molecule has 3 heterocycles. The Morgan fingerprint density at radius 2 is 1.96 bits per heavy atom. The third-order valence-corrected chi connectivity index (χ3v) is 5.09. The zero-order chi connectivity index (χ0) is 17.1. The lowest BCUT2D eigenvalue weighted by Gasteiger charge is -2.41. The quantitative estimate of drug-likeness (QED) is 0.909. The Kier molecular flexibility index (Phi) is 4.14. The van der Waals surface area contributed by atoms with Gasteiger partial charge in [0.25, 0.3) is 0 Å². The number of hydrogen-bond donors (Lipinski definition) is 1. The first-order chi connectivity index (χ1) is 12.3. The first kappa shape index (κ1) is 15.7. The number of fused-ring (bicyclic) bond motifs is 2. The van der Waals surface area contributed by atoms with Crippen LogP contribution in [-0.4, -0.2) is 29.1 Å². The van der Waals surface area contributed by atoms with Gasteiger partial charge >= 0.3 is 6.09 Å². The molecule has 2 aromatic rings. The lowest BCUT2D eigenvalue weighted by Crippen LogP contribution is -2.45. The number of ether oxygens (including phenoxy) is 1. The maximum Gasteiger partial charge on any atom is 0.410 e. The van der Waals surface area contributed by atoms with E-state index in [1.54, 1.807) is 11.1 Å². The molecule has 1 aromatic heterocycles. The molecule has 0 atom stereocenters. The highest BCUT2D eigenvalue weighted by Crippen LogP contribution is 2.41. The van der Waals surface area contributed by atoms with Gasteiger partial charge in [-0.2, -0.15) is 0 Å². The van der Waals surface area contributed by atoms with Crippen LogP contribution in [-0.2, 0) is 16.8 Å². The molecule has 1 saturated heterocycles. The average molecular weight is 335 g/mol. The topological polar surface area (TPSA) is 54.5 Å². The summed E-state index contributed by atoms with van der Waals surface area (Å²) in [6, 6.07) is 13.9. The molecule has 4 rings (SSSR count). The first-order valence-corrected chi connectivity index (χ1v) is 8.62. The van der Waals surface area contributed by atoms with Gasteiger partial charge in [-0.3, -0.25) is 0 Å². The summed E-state index contributed by atoms with van der Waals surface area (Å²) in [6.45, 7) is 1.69. The number of hydrogen-bond acceptors (Lipinski definition) is 4. The largest absolute Gasteiger partial charge is 0.445 e. The molecule has 1 spiro atoms. The SMILES string of the molecule is O=C(OCc1ccccc1)N1CCC2(C=CNc3ncccc32)CC1. The summed E-state index contributed by atoms with van der Waals surface area (Å²) in [5.74, 6) is 0.921. The second-order valence-corrected chi connectivity index (χ2v) is 6.56. The number of rotatable bonds is 2. The van der Waals surface area contributed by atoms with Crippen LogP contribution >= 0.6 is 0 Å². The number of nitrogens with zero attached hydrogens (tertiary/aromatic N) is 2. The van der Waals surface area contributed by atoms with E-state index in [9.17, 15) is 4.79 Å². The van der Waals surface area contributed by atoms with Crippen LogP contribution in [0.2, 0.25) is 0 Å². The van der Waals surface area contributed by atoms with Gasteiger partial charge in [-0.1, -0.05) is 42.5 Å². The highest BCUT2D eigenvalue weighted by Gasteiger charge is 2.39. The molecule has 0 bridgehead atoms. The molecule has 1 amide bonds. The third-order valence-electron chi connectivity index (χ3n) is 5.09. The van der Waals surface area contributed by atoms with Crippen molar-refractivity contribution < 1.29 is 9.53 Å². The van der Waals surface area contributed by atoms with E-state index in [1.807, 2.05) is 42.6 Å². The molecule has 0 unspecified atom stereocenters. The van der Waals surface area contributed by atoms with Gasteiger partial charge in [-0.15, -0.1) is 0 Å². The molecule has 1 aromatic carbocycles. The van der Waals surface area contributed by atoms with Gasteiger partial charge < -0.3 is 15.0 Å². The number of pyridine rings is 1. The minimum Gasteiger partial charge on any atom is -0.445 e. The zero-order valence-corrected chi connectivity index (χ0v) is 14.0. The van der Waals surface area contributed by atoms with E-state index in [2.05, 4.69) is 22.4 Å². The standard InChI is InChI=1S/C20H21N3O2/c24-19(25-15-16-5-2-1-3-6-16)23-13-9-20(10-14-23)8-12-22-18-17(20)7-4-11-21-18/h1-8,11-12H,9-10,13-15H2,(H,21,22). The molecule has 1 fully saturated rings. The number of carbonyl (C=O) groups is 1. The maximum atomic E-state index is 12.3. The Hall–Kier alpha value is -2.82. The van der Waals surface area contributed by atoms with Crippen molar-refractivity contribution in [2.75, 3.05) is 18.4 Å². The summed E-state index contributed by atoms with van der Waals surface area (Å²) >= 11 is 0. The minimum atomic E-state index is -0.233. The van der Waals surface area contributed by atoms with Gasteiger partial charge in [0.2, 0.25) is 0 Å². The smallest absolute Gasteiger partial charge is 0.410 e. The molecule has 0 radical (unpaired) electrons. The van der Waals surface area contributed by atoms with E-state index in [-0.39, 0.29) is 11.5 Å². The number of aromatic nitrogens is 1. The van der Waals surface area contributed by atoms with Crippen molar-refractivity contribution in [2.24, 2.45) is 0 Å². The number of benzene rings is 1. The molecule has 2 aliphatic rings. The summed E-state index contributed by atoms with van der Waals surface area (Å²) in [7, 11) is 0. The fourth-order valence-electron chi connectivity index (χ4n) is 3.63. The number of carbonyl (C=O) groups excluding carboxylic acids is 1. The van der Waals surface area contributed by atoms with Crippen LogP contribution < -0.4 is 5.32 Å². The number of allylic oxidation sites excluding steroid dienone is 1. The van der Waals surface area contributed by atoms with Crippen molar-refractivity contribution in [1.82, 2.24) is 9.88 Å². The second-order valence-electron chi connectivity index (χ2n) is 6.56. The van der Waals surface area contributed by atoms with Crippen LogP contribution in [0.3, 0.4) is 0 Å². The van der Waals surface area contributed by atoms with Crippen molar-refractivity contribution in [3.63, 3.8) is 0 Å². The minimum absolute atomic E-state index is 0.0367. The summed E-state index contributed by atoms with van der Waals surface area (Å²) in [5.41, 5.74) is 2.19. The summed E-state index contributed by atoms with van der Waals surface area (Å²) in [4.78, 5) is 18.6. The lowest BCUT2D eigenvalue weighted by atomic mass is 9.72. The summed E-state index contributed by atoms with van der Waals surface area (Å²) in [5, 5.41) is 3.21. The van der Waals surface area contributed by atoms with Crippen molar-refractivity contribution in [1.29, 1.82) is 0 Å². The van der Waals surface area contributed by atoms with Gasteiger partial charge in [0, 0.05) is 30.3 Å². The van der Waals surface area contributed by atoms with E-state index in [0.717, 1.165) is 24.2 Å². The number of likely N-dealkylation sites (tertiary alicyclic amines) is 1. The van der Waals surface area contributed by atoms with Crippen LogP contribution in [0.1, 0.15) is 24.0 Å². The van der Waals surface area contributed by atoms with Crippen LogP contribution in [0.25, 0.3) is 0 Å². The van der Waals surface area contributed by atoms with Gasteiger partial charge in [-0.25, -0.2) is 9.78 Å². The fourth-order valence-corrected chi connectivity index (χ4v) is 3.63. The molecule has 128 valence electrons. The van der Waals surface area contributed by atoms with Crippen molar-refractivity contribution in [2.45, 2.75) is 24.9 Å². The molecule has 25 heavy (non-hydrogen) atoms. The van der Waals surface area contributed by atoms with Crippen LogP contribution in [0.15, 0.2) is 60.9 Å². The molecule has 0 saturated carbocycles. The Morgan fingerprint density at radius 3 is 2.76 bits per heavy atom. The van der Waals surface area contributed by atoms with E-state index in [0.29, 0.717) is 19.7 Å². The number of amides is 1. The van der Waals surface area contributed by atoms with E-state index >= 15 is 0 Å². The number of nitrogens with one attached hydrogen (secondary N) is 1. The summed E-state index contributed by atoms with van der Waals surface area (Å²) < 4.78 is 5.46. The number of anilines is 1. The number of piperidine rings is 1. The van der Waals surface area contributed by atoms with Crippen molar-refractivity contribution in [3.8, 4) is 0 Å². The maximum absolute atomic E-state index is 12.3. The van der Waals surface area contributed by atoms with Gasteiger partial charge in [0.1, 0.15) is 12.4 Å². The molecule has 1 N–H and O–H groups in total. The Bertz CT molecular complexity index is 781. The highest BCUT2D eigenvalue weighted by molar-refractivity contribution is 5.68. The zero-order valence-electron chi connectivity index (χ0n) is 14.0. The first-order valence-electron chi connectivity index (χ1n) is 8.62. The Labute approximate surface area is 147 Å². The molecular weight excluding hydrogens is 314 g/mol. The highest BCUT2D eigenvalue weighted by atomic mass is 16.6. The van der Waals surface area contributed by atoms with Gasteiger partial charge in [0.15, 0.2) is 0 Å². The molecule has 2 aliphatic heterocycles. The Morgan fingerprint density at radius 1 is 1.16 bits per heavy atom. The monoisotopic (exact) mass is 335 g/mol. The fraction of sp³-hybridized carbons (Fsp3) is 0.300. The second kappa shape index (κ2) is 6.59. The van der Waals surface area contributed by atoms with Crippen molar-refractivity contribution in [3.05, 3.63) is 72.1 Å². The predicted octanol–water partition coefficient (Wildman–Crippen LogP) is 3.69. The molecule has 0 aliphatic carbocycles. The van der Waals surface area contributed by atoms with E-state index in [4.69, 9.17) is 4.74 Å². The lowest BCUT2D eigenvalue weighted by molar-refractivity contribution is 0.0820. The van der Waals surface area contributed by atoms with Gasteiger partial charge in [-0.05, 0) is 30.7 Å². The van der Waals surface area contributed by atoms with E-state index < -0.39 is 0 Å². The van der Waals surface area contributed by atoms with Gasteiger partial charge in [0.05, 0.1) is 0 Å². The third kappa shape index (κ3) is 3.09. The normalized spacial score (nSPS) is 17.7. The molecular formula is C20H21N3O2. The van der Waals surface area contributed by atoms with Crippen LogP contribution in [0.4, 0.5) is 10.6 Å². The molecule has 5 heteroatoms. The summed E-state index contributed by atoms with van der Waals surface area (Å²) in [6.07, 6.45) is 7.51. The van der Waals surface area contributed by atoms with Crippen molar-refractivity contribution >= 4 is 11.9 Å². The molecule has 5 nitrogen and oxygen atoms in total. The Balaban J connectivity index is 1.39. The van der Waals surface area contributed by atoms with Crippen LogP contribution in [0, 0.1) is 0 Å².